The summed E-state index contributed by atoms with van der Waals surface area (Å²) in [4.78, 5) is 0. The van der Waals surface area contributed by atoms with Crippen LogP contribution in [0, 0.1) is 27.9 Å². The Kier molecular flexibility index (Phi) is 4.15. The lowest BCUT2D eigenvalue weighted by atomic mass is 9.98. The summed E-state index contributed by atoms with van der Waals surface area (Å²) in [5.41, 5.74) is 6.80. The molecule has 0 saturated heterocycles. The minimum Gasteiger partial charge on any atom is -0.320 e. The summed E-state index contributed by atoms with van der Waals surface area (Å²) in [6.45, 7) is 1.48. The van der Waals surface area contributed by atoms with Crippen molar-refractivity contribution in [3.05, 3.63) is 68.0 Å². The summed E-state index contributed by atoms with van der Waals surface area (Å²) in [7, 11) is 0. The van der Waals surface area contributed by atoms with Crippen LogP contribution in [0.3, 0.4) is 0 Å². The van der Waals surface area contributed by atoms with E-state index in [1.807, 2.05) is 22.6 Å². The SMILES string of the molecule is Cc1ccc(C(N)c2ccc(F)cc2I)c(F)c1F. The van der Waals surface area contributed by atoms with Gasteiger partial charge in [-0.2, -0.15) is 0 Å². The molecule has 1 atom stereocenters. The summed E-state index contributed by atoms with van der Waals surface area (Å²) in [5.74, 6) is -2.24. The molecule has 0 aliphatic heterocycles. The van der Waals surface area contributed by atoms with Crippen molar-refractivity contribution in [1.82, 2.24) is 0 Å². The molecule has 1 nitrogen and oxygen atoms in total. The van der Waals surface area contributed by atoms with E-state index in [4.69, 9.17) is 5.73 Å². The number of hydrogen-bond acceptors (Lipinski definition) is 1. The van der Waals surface area contributed by atoms with Gasteiger partial charge in [0.1, 0.15) is 5.82 Å². The zero-order valence-electron chi connectivity index (χ0n) is 10.1. The van der Waals surface area contributed by atoms with Crippen molar-refractivity contribution in [2.45, 2.75) is 13.0 Å². The Morgan fingerprint density at radius 2 is 1.63 bits per heavy atom. The highest BCUT2D eigenvalue weighted by Gasteiger charge is 2.19. The molecule has 0 aromatic heterocycles. The van der Waals surface area contributed by atoms with Gasteiger partial charge in [0.25, 0.3) is 0 Å². The number of aryl methyl sites for hydroxylation is 1. The topological polar surface area (TPSA) is 26.0 Å². The normalized spacial score (nSPS) is 12.5. The summed E-state index contributed by atoms with van der Waals surface area (Å²) < 4.78 is 41.0. The van der Waals surface area contributed by atoms with E-state index in [1.165, 1.54) is 37.3 Å². The minimum absolute atomic E-state index is 0.0626. The molecule has 5 heteroatoms. The van der Waals surface area contributed by atoms with Crippen molar-refractivity contribution in [3.63, 3.8) is 0 Å². The second-order valence-electron chi connectivity index (χ2n) is 4.24. The zero-order valence-corrected chi connectivity index (χ0v) is 12.2. The minimum atomic E-state index is -0.951. The van der Waals surface area contributed by atoms with E-state index in [2.05, 4.69) is 0 Å². The average molecular weight is 377 g/mol. The summed E-state index contributed by atoms with van der Waals surface area (Å²) in [5, 5.41) is 0. The highest BCUT2D eigenvalue weighted by Crippen LogP contribution is 2.28. The molecule has 0 bridgehead atoms. The molecular formula is C14H11F3IN. The van der Waals surface area contributed by atoms with Gasteiger partial charge in [-0.1, -0.05) is 18.2 Å². The molecule has 2 aromatic rings. The predicted octanol–water partition coefficient (Wildman–Crippen LogP) is 4.07. The maximum Gasteiger partial charge on any atom is 0.164 e. The van der Waals surface area contributed by atoms with Gasteiger partial charge in [-0.3, -0.25) is 0 Å². The Bertz CT molecular complexity index is 628. The van der Waals surface area contributed by atoms with Gasteiger partial charge in [0.15, 0.2) is 11.6 Å². The number of hydrogen-bond donors (Lipinski definition) is 1. The van der Waals surface area contributed by atoms with Crippen LogP contribution in [0.2, 0.25) is 0 Å². The highest BCUT2D eigenvalue weighted by atomic mass is 127. The largest absolute Gasteiger partial charge is 0.320 e. The molecule has 0 aliphatic rings. The quantitative estimate of drug-likeness (QED) is 0.785. The molecule has 19 heavy (non-hydrogen) atoms. The third kappa shape index (κ3) is 2.76. The lowest BCUT2D eigenvalue weighted by Crippen LogP contribution is -2.16. The van der Waals surface area contributed by atoms with Gasteiger partial charge >= 0.3 is 0 Å². The van der Waals surface area contributed by atoms with Crippen LogP contribution in [0.15, 0.2) is 30.3 Å². The monoisotopic (exact) mass is 377 g/mol. The zero-order chi connectivity index (χ0) is 14.2. The lowest BCUT2D eigenvalue weighted by molar-refractivity contribution is 0.489. The molecule has 0 aliphatic carbocycles. The van der Waals surface area contributed by atoms with Crippen molar-refractivity contribution in [1.29, 1.82) is 0 Å². The van der Waals surface area contributed by atoms with Crippen molar-refractivity contribution < 1.29 is 13.2 Å². The lowest BCUT2D eigenvalue weighted by Gasteiger charge is -2.16. The number of nitrogens with two attached hydrogens (primary N) is 1. The molecular weight excluding hydrogens is 366 g/mol. The molecule has 0 amide bonds. The van der Waals surface area contributed by atoms with Crippen LogP contribution in [0.4, 0.5) is 13.2 Å². The summed E-state index contributed by atoms with van der Waals surface area (Å²) in [6, 6.07) is 6.14. The van der Waals surface area contributed by atoms with Crippen molar-refractivity contribution >= 4 is 22.6 Å². The van der Waals surface area contributed by atoms with Gasteiger partial charge in [0, 0.05) is 9.13 Å². The van der Waals surface area contributed by atoms with Gasteiger partial charge < -0.3 is 5.73 Å². The molecule has 2 rings (SSSR count). The molecule has 1 unspecified atom stereocenters. The van der Waals surface area contributed by atoms with Crippen LogP contribution >= 0.6 is 22.6 Å². The molecule has 0 saturated carbocycles. The molecule has 100 valence electrons. The van der Waals surface area contributed by atoms with Crippen molar-refractivity contribution in [3.8, 4) is 0 Å². The molecule has 0 fully saturated rings. The Hall–Kier alpha value is -1.08. The van der Waals surface area contributed by atoms with E-state index in [0.717, 1.165) is 0 Å². The fourth-order valence-electron chi connectivity index (χ4n) is 1.82. The second kappa shape index (κ2) is 5.50. The van der Waals surface area contributed by atoms with Crippen LogP contribution < -0.4 is 5.73 Å². The molecule has 2 aromatic carbocycles. The van der Waals surface area contributed by atoms with Crippen molar-refractivity contribution in [2.24, 2.45) is 5.73 Å². The average Bonchev–Trinajstić information content (AvgIpc) is 2.35. The fraction of sp³-hybridized carbons (Fsp3) is 0.143. The molecule has 0 spiro atoms. The van der Waals surface area contributed by atoms with Crippen LogP contribution in [-0.2, 0) is 0 Å². The maximum absolute atomic E-state index is 13.9. The standard InChI is InChI=1S/C14H11F3IN/c1-7-2-4-10(13(17)12(7)16)14(19)9-5-3-8(15)6-11(9)18/h2-6,14H,19H2,1H3. The van der Waals surface area contributed by atoms with Crippen LogP contribution in [-0.4, -0.2) is 0 Å². The molecule has 0 radical (unpaired) electrons. The maximum atomic E-state index is 13.9. The van der Waals surface area contributed by atoms with E-state index >= 15 is 0 Å². The summed E-state index contributed by atoms with van der Waals surface area (Å²) >= 11 is 1.92. The third-order valence-electron chi connectivity index (χ3n) is 2.94. The first-order valence-electron chi connectivity index (χ1n) is 5.57. The number of rotatable bonds is 2. The van der Waals surface area contributed by atoms with Crippen molar-refractivity contribution in [2.75, 3.05) is 0 Å². The van der Waals surface area contributed by atoms with Crippen LogP contribution in [0.1, 0.15) is 22.7 Å². The smallest absolute Gasteiger partial charge is 0.164 e. The fourth-order valence-corrected chi connectivity index (χ4v) is 2.64. The first kappa shape index (κ1) is 14.3. The predicted molar refractivity (Wildman–Crippen MR) is 76.2 cm³/mol. The first-order chi connectivity index (χ1) is 8.91. The Morgan fingerprint density at radius 3 is 2.26 bits per heavy atom. The van der Waals surface area contributed by atoms with E-state index < -0.39 is 23.5 Å². The van der Waals surface area contributed by atoms with Gasteiger partial charge in [-0.25, -0.2) is 13.2 Å². The second-order valence-corrected chi connectivity index (χ2v) is 5.41. The molecule has 2 N–H and O–H groups in total. The van der Waals surface area contributed by atoms with Gasteiger partial charge in [0.2, 0.25) is 0 Å². The van der Waals surface area contributed by atoms with Crippen LogP contribution in [0.25, 0.3) is 0 Å². The van der Waals surface area contributed by atoms with E-state index in [-0.39, 0.29) is 11.1 Å². The highest BCUT2D eigenvalue weighted by molar-refractivity contribution is 14.1. The van der Waals surface area contributed by atoms with Gasteiger partial charge in [-0.05, 0) is 52.8 Å². The Labute approximate surface area is 122 Å². The Balaban J connectivity index is 2.50. The third-order valence-corrected chi connectivity index (χ3v) is 3.87. The first-order valence-corrected chi connectivity index (χ1v) is 6.64. The van der Waals surface area contributed by atoms with E-state index in [1.54, 1.807) is 0 Å². The van der Waals surface area contributed by atoms with Gasteiger partial charge in [0.05, 0.1) is 6.04 Å². The van der Waals surface area contributed by atoms with E-state index in [0.29, 0.717) is 9.13 Å². The van der Waals surface area contributed by atoms with Gasteiger partial charge in [-0.15, -0.1) is 0 Å². The summed E-state index contributed by atoms with van der Waals surface area (Å²) in [6.07, 6.45) is 0. The number of halogens is 4. The van der Waals surface area contributed by atoms with Crippen LogP contribution in [0.5, 0.6) is 0 Å². The Morgan fingerprint density at radius 1 is 1.00 bits per heavy atom. The number of benzene rings is 2. The van der Waals surface area contributed by atoms with E-state index in [9.17, 15) is 13.2 Å². The molecule has 0 heterocycles.